The number of carbonyl (C=O) groups is 2. The van der Waals surface area contributed by atoms with Crippen LogP contribution < -0.4 is 5.32 Å². The van der Waals surface area contributed by atoms with Crippen LogP contribution in [0.5, 0.6) is 0 Å². The van der Waals surface area contributed by atoms with Crippen molar-refractivity contribution in [3.63, 3.8) is 0 Å². The highest BCUT2D eigenvalue weighted by Gasteiger charge is 2.17. The Balaban J connectivity index is 1.71. The van der Waals surface area contributed by atoms with E-state index in [0.717, 1.165) is 51.9 Å². The molecule has 1 unspecified atom stereocenters. The summed E-state index contributed by atoms with van der Waals surface area (Å²) in [6, 6.07) is 9.31. The fourth-order valence-electron chi connectivity index (χ4n) is 4.80. The van der Waals surface area contributed by atoms with Crippen molar-refractivity contribution < 1.29 is 29.9 Å². The average Bonchev–Trinajstić information content (AvgIpc) is 2.96. The highest BCUT2D eigenvalue weighted by molar-refractivity contribution is 5.94. The van der Waals surface area contributed by atoms with Crippen molar-refractivity contribution in [1.29, 1.82) is 0 Å². The van der Waals surface area contributed by atoms with Gasteiger partial charge in [0.1, 0.15) is 5.78 Å². The average molecular weight is 566 g/mol. The lowest BCUT2D eigenvalue weighted by molar-refractivity contribution is -0.244. The minimum Gasteiger partial charge on any atom is -0.381 e. The van der Waals surface area contributed by atoms with Crippen LogP contribution >= 0.6 is 0 Å². The number of amides is 1. The molecule has 228 valence electrons. The largest absolute Gasteiger partial charge is 0.381 e. The van der Waals surface area contributed by atoms with E-state index in [4.69, 9.17) is 5.26 Å². The molecule has 1 aromatic carbocycles. The summed E-state index contributed by atoms with van der Waals surface area (Å²) in [4.78, 5) is 37.6. The van der Waals surface area contributed by atoms with Crippen LogP contribution in [-0.2, 0) is 9.68 Å². The van der Waals surface area contributed by atoms with Crippen molar-refractivity contribution >= 4 is 11.7 Å². The van der Waals surface area contributed by atoms with Crippen LogP contribution in [0.3, 0.4) is 0 Å². The summed E-state index contributed by atoms with van der Waals surface area (Å²) in [5.74, 6) is 0.212. The molecule has 0 radical (unpaired) electrons. The van der Waals surface area contributed by atoms with Crippen LogP contribution in [0.2, 0.25) is 0 Å². The number of Topliss-reactive ketones (excluding diaryl/α,β-unsaturated/α-hetero) is 1. The molecule has 0 aliphatic carbocycles. The summed E-state index contributed by atoms with van der Waals surface area (Å²) >= 11 is 0. The summed E-state index contributed by atoms with van der Waals surface area (Å²) in [6.45, 7) is 9.06. The van der Waals surface area contributed by atoms with Crippen LogP contribution in [0.4, 0.5) is 0 Å². The molecule has 1 amide bonds. The van der Waals surface area contributed by atoms with E-state index in [0.29, 0.717) is 57.7 Å². The summed E-state index contributed by atoms with van der Waals surface area (Å²) in [5.41, 5.74) is 0.668. The monoisotopic (exact) mass is 565 g/mol. The zero-order chi connectivity index (χ0) is 29.0. The molecular formula is C29H51N5O6. The fourth-order valence-corrected chi connectivity index (χ4v) is 4.80. The lowest BCUT2D eigenvalue weighted by Gasteiger charge is -2.33. The Morgan fingerprint density at radius 2 is 1.35 bits per heavy atom. The molecule has 2 rings (SSSR count). The first-order valence-electron chi connectivity index (χ1n) is 14.7. The van der Waals surface area contributed by atoms with Gasteiger partial charge in [-0.3, -0.25) is 29.5 Å². The molecule has 0 saturated carbocycles. The summed E-state index contributed by atoms with van der Waals surface area (Å²) in [6.07, 6.45) is 4.73. The Hall–Kier alpha value is -1.96. The van der Waals surface area contributed by atoms with E-state index in [2.05, 4.69) is 20.0 Å². The number of hydrogen-bond donors (Lipinski definition) is 4. The lowest BCUT2D eigenvalue weighted by atomic mass is 10.1. The predicted octanol–water partition coefficient (Wildman–Crippen LogP) is 1.33. The molecule has 1 aromatic rings. The van der Waals surface area contributed by atoms with Crippen molar-refractivity contribution in [3.8, 4) is 0 Å². The van der Waals surface area contributed by atoms with Crippen molar-refractivity contribution in [1.82, 2.24) is 24.9 Å². The minimum atomic E-state index is -0.0518. The highest BCUT2D eigenvalue weighted by Crippen LogP contribution is 2.09. The van der Waals surface area contributed by atoms with E-state index in [1.165, 1.54) is 0 Å². The smallest absolute Gasteiger partial charge is 0.251 e. The van der Waals surface area contributed by atoms with Crippen LogP contribution in [0.1, 0.15) is 55.8 Å². The normalized spacial score (nSPS) is 18.1. The number of nitrogens with zero attached hydrogens (tertiary/aromatic N) is 4. The number of aliphatic hydroxyl groups is 2. The molecule has 1 aliphatic rings. The van der Waals surface area contributed by atoms with Crippen molar-refractivity contribution in [2.75, 3.05) is 85.5 Å². The third-order valence-electron chi connectivity index (χ3n) is 7.54. The van der Waals surface area contributed by atoms with E-state index in [-0.39, 0.29) is 37.8 Å². The van der Waals surface area contributed by atoms with E-state index in [1.54, 1.807) is 0 Å². The Kier molecular flexibility index (Phi) is 17.8. The Labute approximate surface area is 239 Å². The molecule has 0 aromatic heterocycles. The van der Waals surface area contributed by atoms with Gasteiger partial charge in [0.15, 0.2) is 0 Å². The van der Waals surface area contributed by atoms with E-state index >= 15 is 0 Å². The fraction of sp³-hybridized carbons (Fsp3) is 0.724. The third-order valence-corrected chi connectivity index (χ3v) is 7.54. The van der Waals surface area contributed by atoms with Gasteiger partial charge < -0.3 is 20.4 Å². The number of hydrogen-bond acceptors (Lipinski definition) is 10. The molecule has 4 N–H and O–H groups in total. The molecule has 40 heavy (non-hydrogen) atoms. The first kappa shape index (κ1) is 34.2. The summed E-state index contributed by atoms with van der Waals surface area (Å²) in [7, 11) is 0. The maximum Gasteiger partial charge on any atom is 0.251 e. The van der Waals surface area contributed by atoms with Gasteiger partial charge in [0.05, 0.1) is 20.1 Å². The number of ketones is 1. The minimum absolute atomic E-state index is 0.0400. The van der Waals surface area contributed by atoms with Crippen LogP contribution in [0.25, 0.3) is 0 Å². The second kappa shape index (κ2) is 20.8. The van der Waals surface area contributed by atoms with Gasteiger partial charge in [-0.2, -0.15) is 0 Å². The SMILES string of the molecule is CC(CCCCCC(=O)CCN1CCN(CO)CCN(CO)CCN(CCOO)CC1)NC(=O)c1ccccc1. The molecule has 1 aliphatic heterocycles. The first-order valence-corrected chi connectivity index (χ1v) is 14.7. The topological polar surface area (TPSA) is 129 Å². The Morgan fingerprint density at radius 3 is 1.90 bits per heavy atom. The molecule has 1 heterocycles. The zero-order valence-corrected chi connectivity index (χ0v) is 24.3. The quantitative estimate of drug-likeness (QED) is 0.132. The maximum atomic E-state index is 12.6. The number of benzene rings is 1. The van der Waals surface area contributed by atoms with Gasteiger partial charge >= 0.3 is 0 Å². The molecule has 1 atom stereocenters. The van der Waals surface area contributed by atoms with Gasteiger partial charge in [0.25, 0.3) is 5.91 Å². The van der Waals surface area contributed by atoms with Gasteiger partial charge in [-0.15, -0.1) is 0 Å². The van der Waals surface area contributed by atoms with Crippen LogP contribution in [0.15, 0.2) is 30.3 Å². The van der Waals surface area contributed by atoms with E-state index < -0.39 is 0 Å². The molecule has 11 nitrogen and oxygen atoms in total. The molecular weight excluding hydrogens is 514 g/mol. The Bertz CT molecular complexity index is 817. The van der Waals surface area contributed by atoms with Gasteiger partial charge in [-0.1, -0.05) is 31.0 Å². The highest BCUT2D eigenvalue weighted by atomic mass is 17.1. The summed E-state index contributed by atoms with van der Waals surface area (Å²) < 4.78 is 0. The molecule has 0 spiro atoms. The Morgan fingerprint density at radius 1 is 0.800 bits per heavy atom. The third kappa shape index (κ3) is 14.6. The zero-order valence-electron chi connectivity index (χ0n) is 24.3. The van der Waals surface area contributed by atoms with Gasteiger partial charge in [0.2, 0.25) is 0 Å². The number of aliphatic hydroxyl groups excluding tert-OH is 2. The molecule has 0 bridgehead atoms. The van der Waals surface area contributed by atoms with Crippen molar-refractivity contribution in [2.24, 2.45) is 0 Å². The molecule has 1 saturated heterocycles. The van der Waals surface area contributed by atoms with Crippen molar-refractivity contribution in [3.05, 3.63) is 35.9 Å². The number of carbonyl (C=O) groups excluding carboxylic acids is 2. The van der Waals surface area contributed by atoms with Gasteiger partial charge in [0, 0.05) is 89.9 Å². The molecule has 1 fully saturated rings. The summed E-state index contributed by atoms with van der Waals surface area (Å²) in [5, 5.41) is 31.3. The van der Waals surface area contributed by atoms with Gasteiger partial charge in [-0.25, -0.2) is 4.89 Å². The van der Waals surface area contributed by atoms with E-state index in [1.807, 2.05) is 47.1 Å². The van der Waals surface area contributed by atoms with Crippen molar-refractivity contribution in [2.45, 2.75) is 51.5 Å². The number of nitrogens with one attached hydrogen (secondary N) is 1. The molecule has 11 heteroatoms. The van der Waals surface area contributed by atoms with Crippen LogP contribution in [0, 0.1) is 0 Å². The lowest BCUT2D eigenvalue weighted by Crippen LogP contribution is -2.47. The number of unbranched alkanes of at least 4 members (excludes halogenated alkanes) is 2. The maximum absolute atomic E-state index is 12.6. The van der Waals surface area contributed by atoms with E-state index in [9.17, 15) is 19.8 Å². The second-order valence-corrected chi connectivity index (χ2v) is 10.7. The predicted molar refractivity (Wildman–Crippen MR) is 155 cm³/mol. The van der Waals surface area contributed by atoms with Crippen LogP contribution in [-0.4, -0.2) is 138 Å². The second-order valence-electron chi connectivity index (χ2n) is 10.7. The number of rotatable bonds is 16. The standard InChI is InChI=1S/C29H51N5O6/c1-26(30-29(38)27-9-5-3-6-10-27)8-4-2-7-11-28(37)12-13-31-14-15-32(22-23-40-39)17-19-34(25-36)21-20-33(24-35)18-16-31/h3,5-6,9-10,26,35-36,39H,2,4,7-8,11-25H2,1H3,(H,30,38). The first-order chi connectivity index (χ1) is 19.4. The van der Waals surface area contributed by atoms with Gasteiger partial charge in [-0.05, 0) is 31.9 Å².